The standard InChI is InChI=1S/C26H38N6O5/c1-15(2)27-26(36)30(6)13-22-16(3)12-32(18(5)14-33)25(35)19-9-8-10-20(23(19)37-22)28-24(34)21-11-17(4)29-31(21)7/h8-11,15-16,18,22,33H,12-14H2,1-7H3,(H,27,36)(H,28,34)/t16-,18-,22+/m0/s1. The van der Waals surface area contributed by atoms with Crippen LogP contribution in [0.5, 0.6) is 5.75 Å². The van der Waals surface area contributed by atoms with E-state index in [0.717, 1.165) is 0 Å². The van der Waals surface area contributed by atoms with Crippen LogP contribution >= 0.6 is 0 Å². The number of rotatable bonds is 7. The summed E-state index contributed by atoms with van der Waals surface area (Å²) in [5, 5.41) is 19.8. The van der Waals surface area contributed by atoms with Crippen molar-refractivity contribution in [1.29, 1.82) is 0 Å². The lowest BCUT2D eigenvalue weighted by atomic mass is 9.99. The van der Waals surface area contributed by atoms with E-state index in [1.165, 1.54) is 4.68 Å². The number of fused-ring (bicyclic) bond motifs is 1. The van der Waals surface area contributed by atoms with Gasteiger partial charge in [0.05, 0.1) is 36.1 Å². The van der Waals surface area contributed by atoms with Crippen molar-refractivity contribution in [2.24, 2.45) is 13.0 Å². The van der Waals surface area contributed by atoms with Gasteiger partial charge in [0.25, 0.3) is 11.8 Å². The molecule has 0 unspecified atom stereocenters. The average Bonchev–Trinajstić information content (AvgIpc) is 3.18. The molecule has 0 radical (unpaired) electrons. The number of anilines is 1. The number of benzene rings is 1. The molecule has 0 saturated carbocycles. The number of aromatic nitrogens is 2. The van der Waals surface area contributed by atoms with Gasteiger partial charge >= 0.3 is 6.03 Å². The molecule has 0 aliphatic carbocycles. The molecule has 1 aliphatic rings. The van der Waals surface area contributed by atoms with Gasteiger partial charge in [-0.15, -0.1) is 0 Å². The van der Waals surface area contributed by atoms with E-state index in [4.69, 9.17) is 4.74 Å². The van der Waals surface area contributed by atoms with E-state index in [2.05, 4.69) is 15.7 Å². The van der Waals surface area contributed by atoms with Gasteiger partial charge in [0.1, 0.15) is 11.8 Å². The van der Waals surface area contributed by atoms with Crippen molar-refractivity contribution in [3.05, 3.63) is 41.2 Å². The largest absolute Gasteiger partial charge is 0.485 e. The summed E-state index contributed by atoms with van der Waals surface area (Å²) >= 11 is 0. The zero-order chi connectivity index (χ0) is 27.4. The highest BCUT2D eigenvalue weighted by molar-refractivity contribution is 6.06. The van der Waals surface area contributed by atoms with Gasteiger partial charge in [-0.2, -0.15) is 5.10 Å². The van der Waals surface area contributed by atoms with Crippen LogP contribution < -0.4 is 15.4 Å². The van der Waals surface area contributed by atoms with Gasteiger partial charge in [-0.05, 0) is 45.9 Å². The molecule has 2 heterocycles. The summed E-state index contributed by atoms with van der Waals surface area (Å²) in [6.07, 6.45) is -0.500. The summed E-state index contributed by atoms with van der Waals surface area (Å²) in [7, 11) is 3.37. The van der Waals surface area contributed by atoms with Gasteiger partial charge in [0, 0.05) is 32.6 Å². The molecule has 11 nitrogen and oxygen atoms in total. The van der Waals surface area contributed by atoms with Crippen molar-refractivity contribution in [1.82, 2.24) is 24.9 Å². The molecule has 1 aromatic heterocycles. The average molecular weight is 515 g/mol. The number of nitrogens with zero attached hydrogens (tertiary/aromatic N) is 4. The number of urea groups is 1. The number of aryl methyl sites for hydroxylation is 2. The van der Waals surface area contributed by atoms with E-state index in [9.17, 15) is 19.5 Å². The third-order valence-electron chi connectivity index (χ3n) is 6.39. The Labute approximate surface area is 217 Å². The lowest BCUT2D eigenvalue weighted by molar-refractivity contribution is 0.0368. The molecule has 1 aliphatic heterocycles. The fourth-order valence-electron chi connectivity index (χ4n) is 4.28. The Morgan fingerprint density at radius 1 is 1.30 bits per heavy atom. The second-order valence-electron chi connectivity index (χ2n) is 10.0. The van der Waals surface area contributed by atoms with E-state index in [0.29, 0.717) is 23.6 Å². The van der Waals surface area contributed by atoms with Crippen molar-refractivity contribution in [3.8, 4) is 5.75 Å². The fraction of sp³-hybridized carbons (Fsp3) is 0.538. The summed E-state index contributed by atoms with van der Waals surface area (Å²) in [6.45, 7) is 9.66. The number of aliphatic hydroxyl groups is 1. The lowest BCUT2D eigenvalue weighted by Gasteiger charge is -2.38. The molecule has 3 rings (SSSR count). The first-order valence-corrected chi connectivity index (χ1v) is 12.5. The Balaban J connectivity index is 2.02. The number of para-hydroxylation sites is 1. The summed E-state index contributed by atoms with van der Waals surface area (Å²) in [4.78, 5) is 42.4. The fourth-order valence-corrected chi connectivity index (χ4v) is 4.28. The van der Waals surface area contributed by atoms with E-state index >= 15 is 0 Å². The van der Waals surface area contributed by atoms with E-state index in [1.54, 1.807) is 62.0 Å². The summed E-state index contributed by atoms with van der Waals surface area (Å²) in [5.74, 6) is -0.665. The minimum Gasteiger partial charge on any atom is -0.485 e. The maximum Gasteiger partial charge on any atom is 0.317 e. The highest BCUT2D eigenvalue weighted by Crippen LogP contribution is 2.35. The van der Waals surface area contributed by atoms with Gasteiger partial charge < -0.3 is 30.3 Å². The van der Waals surface area contributed by atoms with Gasteiger partial charge in [0.15, 0.2) is 5.75 Å². The van der Waals surface area contributed by atoms with Crippen molar-refractivity contribution in [3.63, 3.8) is 0 Å². The second kappa shape index (κ2) is 11.6. The molecule has 0 spiro atoms. The molecular formula is C26H38N6O5. The Bertz CT molecular complexity index is 1150. The van der Waals surface area contributed by atoms with Crippen molar-refractivity contribution in [2.75, 3.05) is 32.1 Å². The van der Waals surface area contributed by atoms with Crippen LogP contribution in [0.25, 0.3) is 0 Å². The van der Waals surface area contributed by atoms with Crippen LogP contribution in [0, 0.1) is 12.8 Å². The highest BCUT2D eigenvalue weighted by Gasteiger charge is 2.35. The molecule has 0 saturated heterocycles. The predicted molar refractivity (Wildman–Crippen MR) is 140 cm³/mol. The minimum absolute atomic E-state index is 0.0256. The quantitative estimate of drug-likeness (QED) is 0.520. The van der Waals surface area contributed by atoms with Crippen LogP contribution in [0.1, 0.15) is 54.2 Å². The van der Waals surface area contributed by atoms with Crippen molar-refractivity contribution < 1.29 is 24.2 Å². The minimum atomic E-state index is -0.500. The summed E-state index contributed by atoms with van der Waals surface area (Å²) in [6, 6.07) is 5.96. The number of likely N-dealkylation sites (N-methyl/N-ethyl adjacent to an activating group) is 1. The third-order valence-corrected chi connectivity index (χ3v) is 6.39. The summed E-state index contributed by atoms with van der Waals surface area (Å²) in [5.41, 5.74) is 1.66. The maximum atomic E-state index is 13.6. The molecule has 3 N–H and O–H groups in total. The zero-order valence-corrected chi connectivity index (χ0v) is 22.6. The monoisotopic (exact) mass is 514 g/mol. The zero-order valence-electron chi connectivity index (χ0n) is 22.6. The maximum absolute atomic E-state index is 13.6. The van der Waals surface area contributed by atoms with Gasteiger partial charge in [-0.3, -0.25) is 14.3 Å². The molecular weight excluding hydrogens is 476 g/mol. The highest BCUT2D eigenvalue weighted by atomic mass is 16.5. The Hall–Kier alpha value is -3.60. The normalized spacial score (nSPS) is 18.4. The van der Waals surface area contributed by atoms with Gasteiger partial charge in [-0.25, -0.2) is 4.79 Å². The third kappa shape index (κ3) is 6.40. The van der Waals surface area contributed by atoms with Crippen LogP contribution in [0.2, 0.25) is 0 Å². The molecule has 0 bridgehead atoms. The van der Waals surface area contributed by atoms with Gasteiger partial charge in [0.2, 0.25) is 0 Å². The number of hydrogen-bond donors (Lipinski definition) is 3. The molecule has 37 heavy (non-hydrogen) atoms. The number of amides is 4. The first kappa shape index (κ1) is 28.0. The molecule has 11 heteroatoms. The van der Waals surface area contributed by atoms with Crippen LogP contribution in [-0.2, 0) is 7.05 Å². The number of hydrogen-bond acceptors (Lipinski definition) is 6. The van der Waals surface area contributed by atoms with Crippen molar-refractivity contribution >= 4 is 23.5 Å². The number of carbonyl (C=O) groups excluding carboxylic acids is 3. The first-order chi connectivity index (χ1) is 17.4. The number of aliphatic hydroxyl groups excluding tert-OH is 1. The number of nitrogens with one attached hydrogen (secondary N) is 2. The summed E-state index contributed by atoms with van der Waals surface area (Å²) < 4.78 is 7.93. The molecule has 0 fully saturated rings. The number of carbonyl (C=O) groups is 3. The number of ether oxygens (including phenoxy) is 1. The van der Waals surface area contributed by atoms with Crippen LogP contribution in [0.3, 0.4) is 0 Å². The van der Waals surface area contributed by atoms with Crippen LogP contribution in [0.15, 0.2) is 24.3 Å². The second-order valence-corrected chi connectivity index (χ2v) is 10.0. The molecule has 1 aromatic carbocycles. The van der Waals surface area contributed by atoms with Crippen molar-refractivity contribution in [2.45, 2.75) is 52.8 Å². The molecule has 4 amide bonds. The SMILES string of the molecule is Cc1cc(C(=O)Nc2cccc3c2O[C@H](CN(C)C(=O)NC(C)C)[C@@H](C)CN([C@@H](C)CO)C3=O)n(C)n1. The Morgan fingerprint density at radius 3 is 2.59 bits per heavy atom. The van der Waals surface area contributed by atoms with Crippen LogP contribution in [0.4, 0.5) is 10.5 Å². The van der Waals surface area contributed by atoms with Gasteiger partial charge in [-0.1, -0.05) is 13.0 Å². The predicted octanol–water partition coefficient (Wildman–Crippen LogP) is 2.25. The Kier molecular flexibility index (Phi) is 8.80. The molecule has 3 atom stereocenters. The first-order valence-electron chi connectivity index (χ1n) is 12.5. The molecule has 2 aromatic rings. The topological polar surface area (TPSA) is 129 Å². The van der Waals surface area contributed by atoms with Crippen LogP contribution in [-0.4, -0.2) is 87.5 Å². The smallest absolute Gasteiger partial charge is 0.317 e. The van der Waals surface area contributed by atoms with E-state index in [-0.39, 0.29) is 48.4 Å². The van der Waals surface area contributed by atoms with E-state index < -0.39 is 18.1 Å². The lowest BCUT2D eigenvalue weighted by Crippen LogP contribution is -2.51. The molecule has 202 valence electrons. The van der Waals surface area contributed by atoms with E-state index in [1.807, 2.05) is 20.8 Å². The Morgan fingerprint density at radius 2 is 2.00 bits per heavy atom.